The third-order valence-corrected chi connectivity index (χ3v) is 7.71. The van der Waals surface area contributed by atoms with Gasteiger partial charge in [0.15, 0.2) is 0 Å². The van der Waals surface area contributed by atoms with Gasteiger partial charge in [0, 0.05) is 36.1 Å². The Kier molecular flexibility index (Phi) is 6.91. The third kappa shape index (κ3) is 5.37. The summed E-state index contributed by atoms with van der Waals surface area (Å²) in [6, 6.07) is 12.9. The Hall–Kier alpha value is -2.71. The van der Waals surface area contributed by atoms with Gasteiger partial charge in [0.2, 0.25) is 15.9 Å². The highest BCUT2D eigenvalue weighted by molar-refractivity contribution is 7.89. The van der Waals surface area contributed by atoms with Gasteiger partial charge < -0.3 is 10.3 Å². The van der Waals surface area contributed by atoms with E-state index in [4.69, 9.17) is 0 Å². The minimum Gasteiger partial charge on any atom is -0.361 e. The van der Waals surface area contributed by atoms with Gasteiger partial charge in [-0.05, 0) is 73.9 Å². The van der Waals surface area contributed by atoms with Crippen LogP contribution in [-0.4, -0.2) is 32.4 Å². The molecule has 2 aromatic carbocycles. The van der Waals surface area contributed by atoms with E-state index in [9.17, 15) is 17.6 Å². The molecule has 1 heterocycles. The molecule has 6 nitrogen and oxygen atoms in total. The van der Waals surface area contributed by atoms with Gasteiger partial charge >= 0.3 is 0 Å². The molecule has 1 amide bonds. The van der Waals surface area contributed by atoms with E-state index in [1.54, 1.807) is 0 Å². The fraction of sp³-hybridized carbons (Fsp3) is 0.375. The van der Waals surface area contributed by atoms with Crippen LogP contribution in [0.4, 0.5) is 4.39 Å². The Morgan fingerprint density at radius 2 is 1.75 bits per heavy atom. The maximum atomic E-state index is 13.0. The smallest absolute Gasteiger partial charge is 0.240 e. The molecular weight excluding hydrogens is 429 g/mol. The van der Waals surface area contributed by atoms with Crippen LogP contribution >= 0.6 is 0 Å². The molecule has 0 aliphatic heterocycles. The molecule has 0 unspecified atom stereocenters. The number of hydrogen-bond donors (Lipinski definition) is 3. The van der Waals surface area contributed by atoms with Gasteiger partial charge in [-0.3, -0.25) is 4.79 Å². The molecule has 0 spiro atoms. The van der Waals surface area contributed by atoms with Crippen LogP contribution in [-0.2, 0) is 21.2 Å². The van der Waals surface area contributed by atoms with Crippen LogP contribution in [0.25, 0.3) is 10.9 Å². The average molecular weight is 458 g/mol. The second kappa shape index (κ2) is 9.83. The number of nitrogens with one attached hydrogen (secondary N) is 3. The lowest BCUT2D eigenvalue weighted by Gasteiger charge is -2.27. The SMILES string of the molecule is O=C(NCCc1c[nH]c2ccccc12)C1CCC(CNS(=O)(=O)c2ccc(F)cc2)CC1. The first kappa shape index (κ1) is 22.5. The Labute approximate surface area is 187 Å². The topological polar surface area (TPSA) is 91.1 Å². The van der Waals surface area contributed by atoms with Crippen LogP contribution in [0.3, 0.4) is 0 Å². The maximum absolute atomic E-state index is 13.0. The van der Waals surface area contributed by atoms with Gasteiger partial charge in [-0.2, -0.15) is 0 Å². The molecule has 1 fully saturated rings. The molecule has 0 radical (unpaired) electrons. The van der Waals surface area contributed by atoms with Crippen LogP contribution in [0.1, 0.15) is 31.2 Å². The minimum atomic E-state index is -3.65. The Morgan fingerprint density at radius 1 is 1.03 bits per heavy atom. The van der Waals surface area contributed by atoms with Gasteiger partial charge in [0.1, 0.15) is 5.82 Å². The van der Waals surface area contributed by atoms with Crippen molar-refractivity contribution in [2.24, 2.45) is 11.8 Å². The van der Waals surface area contributed by atoms with Crippen molar-refractivity contribution in [2.75, 3.05) is 13.1 Å². The summed E-state index contributed by atoms with van der Waals surface area (Å²) in [5.74, 6) is -0.222. The van der Waals surface area contributed by atoms with Crippen molar-refractivity contribution in [3.05, 3.63) is 66.1 Å². The molecule has 0 bridgehead atoms. The van der Waals surface area contributed by atoms with Gasteiger partial charge in [-0.25, -0.2) is 17.5 Å². The number of rotatable bonds is 8. The van der Waals surface area contributed by atoms with E-state index in [2.05, 4.69) is 21.1 Å². The van der Waals surface area contributed by atoms with Gasteiger partial charge in [-0.15, -0.1) is 0 Å². The van der Waals surface area contributed by atoms with Crippen molar-refractivity contribution in [1.29, 1.82) is 0 Å². The van der Waals surface area contributed by atoms with E-state index in [-0.39, 0.29) is 22.6 Å². The van der Waals surface area contributed by atoms with E-state index in [0.717, 1.165) is 49.8 Å². The zero-order chi connectivity index (χ0) is 22.6. The molecule has 8 heteroatoms. The summed E-state index contributed by atoms with van der Waals surface area (Å²) in [5, 5.41) is 4.24. The molecule has 3 aromatic rings. The Balaban J connectivity index is 1.19. The number of hydrogen-bond acceptors (Lipinski definition) is 3. The molecule has 0 saturated heterocycles. The third-order valence-electron chi connectivity index (χ3n) is 6.27. The normalized spacial score (nSPS) is 19.2. The number of carbonyl (C=O) groups is 1. The average Bonchev–Trinajstić information content (AvgIpc) is 3.21. The number of benzene rings is 2. The lowest BCUT2D eigenvalue weighted by atomic mass is 9.81. The van der Waals surface area contributed by atoms with E-state index in [1.807, 2.05) is 24.4 Å². The number of sulfonamides is 1. The molecule has 3 N–H and O–H groups in total. The highest BCUT2D eigenvalue weighted by Crippen LogP contribution is 2.29. The number of aromatic amines is 1. The van der Waals surface area contributed by atoms with Gasteiger partial charge in [0.25, 0.3) is 0 Å². The summed E-state index contributed by atoms with van der Waals surface area (Å²) in [4.78, 5) is 15.9. The molecule has 1 aliphatic carbocycles. The van der Waals surface area contributed by atoms with E-state index >= 15 is 0 Å². The van der Waals surface area contributed by atoms with Crippen LogP contribution in [0.2, 0.25) is 0 Å². The van der Waals surface area contributed by atoms with E-state index in [0.29, 0.717) is 13.1 Å². The van der Waals surface area contributed by atoms with Crippen LogP contribution in [0.15, 0.2) is 59.6 Å². The van der Waals surface area contributed by atoms with Crippen molar-refractivity contribution < 1.29 is 17.6 Å². The van der Waals surface area contributed by atoms with Crippen LogP contribution < -0.4 is 10.0 Å². The highest BCUT2D eigenvalue weighted by atomic mass is 32.2. The first-order chi connectivity index (χ1) is 15.4. The largest absolute Gasteiger partial charge is 0.361 e. The van der Waals surface area contributed by atoms with E-state index < -0.39 is 15.8 Å². The summed E-state index contributed by atoms with van der Waals surface area (Å²) < 4.78 is 40.3. The first-order valence-electron chi connectivity index (χ1n) is 11.0. The lowest BCUT2D eigenvalue weighted by molar-refractivity contribution is -0.126. The van der Waals surface area contributed by atoms with Crippen LogP contribution in [0.5, 0.6) is 0 Å². The summed E-state index contributed by atoms with van der Waals surface area (Å²) in [6.07, 6.45) is 5.87. The summed E-state index contributed by atoms with van der Waals surface area (Å²) >= 11 is 0. The fourth-order valence-corrected chi connectivity index (χ4v) is 5.47. The number of aromatic nitrogens is 1. The Morgan fingerprint density at radius 3 is 2.50 bits per heavy atom. The zero-order valence-electron chi connectivity index (χ0n) is 17.8. The maximum Gasteiger partial charge on any atom is 0.240 e. The number of para-hydroxylation sites is 1. The number of fused-ring (bicyclic) bond motifs is 1. The summed E-state index contributed by atoms with van der Waals surface area (Å²) in [5.41, 5.74) is 2.29. The lowest BCUT2D eigenvalue weighted by Crippen LogP contribution is -2.36. The second-order valence-electron chi connectivity index (χ2n) is 8.42. The quantitative estimate of drug-likeness (QED) is 0.481. The molecular formula is C24H28FN3O3S. The summed E-state index contributed by atoms with van der Waals surface area (Å²) in [6.45, 7) is 0.923. The van der Waals surface area contributed by atoms with Crippen molar-refractivity contribution in [1.82, 2.24) is 15.0 Å². The standard InChI is InChI=1S/C24H28FN3O3S/c25-20-9-11-21(12-10-20)32(30,31)28-15-17-5-7-18(8-6-17)24(29)26-14-13-19-16-27-23-4-2-1-3-22(19)23/h1-4,9-12,16-18,27-28H,5-8,13-15H2,(H,26,29). The number of halogens is 1. The number of amides is 1. The second-order valence-corrected chi connectivity index (χ2v) is 10.2. The van der Waals surface area contributed by atoms with Crippen molar-refractivity contribution >= 4 is 26.8 Å². The van der Waals surface area contributed by atoms with Crippen molar-refractivity contribution in [3.63, 3.8) is 0 Å². The predicted molar refractivity (Wildman–Crippen MR) is 122 cm³/mol. The molecule has 4 rings (SSSR count). The number of carbonyl (C=O) groups excluding carboxylic acids is 1. The van der Waals surface area contributed by atoms with Crippen molar-refractivity contribution in [2.45, 2.75) is 37.0 Å². The Bertz CT molecular complexity index is 1170. The molecule has 0 atom stereocenters. The van der Waals surface area contributed by atoms with E-state index in [1.165, 1.54) is 23.1 Å². The van der Waals surface area contributed by atoms with Gasteiger partial charge in [-0.1, -0.05) is 18.2 Å². The minimum absolute atomic E-state index is 0.0251. The molecule has 1 aromatic heterocycles. The number of H-pyrrole nitrogens is 1. The fourth-order valence-electron chi connectivity index (χ4n) is 4.36. The molecule has 1 saturated carbocycles. The van der Waals surface area contributed by atoms with Gasteiger partial charge in [0.05, 0.1) is 4.90 Å². The predicted octanol–water partition coefficient (Wildman–Crippen LogP) is 3.75. The zero-order valence-corrected chi connectivity index (χ0v) is 18.6. The van der Waals surface area contributed by atoms with Crippen molar-refractivity contribution in [3.8, 4) is 0 Å². The molecule has 170 valence electrons. The molecule has 32 heavy (non-hydrogen) atoms. The first-order valence-corrected chi connectivity index (χ1v) is 12.5. The van der Waals surface area contributed by atoms with Crippen LogP contribution in [0, 0.1) is 17.7 Å². The highest BCUT2D eigenvalue weighted by Gasteiger charge is 2.27. The molecule has 1 aliphatic rings. The monoisotopic (exact) mass is 457 g/mol. The summed E-state index contributed by atoms with van der Waals surface area (Å²) in [7, 11) is -3.65.